The van der Waals surface area contributed by atoms with Crippen molar-refractivity contribution in [3.8, 4) is 0 Å². The quantitative estimate of drug-likeness (QED) is 0.862. The van der Waals surface area contributed by atoms with Crippen LogP contribution in [0.3, 0.4) is 0 Å². The molecule has 0 amide bonds. The summed E-state index contributed by atoms with van der Waals surface area (Å²) < 4.78 is 0. The molecular weight excluding hydrogens is 264 g/mol. The lowest BCUT2D eigenvalue weighted by Crippen LogP contribution is -2.17. The second-order valence-corrected chi connectivity index (χ2v) is 6.78. The summed E-state index contributed by atoms with van der Waals surface area (Å²) in [6.07, 6.45) is 10.5. The first kappa shape index (κ1) is 13.8. The number of nitrogens with one attached hydrogen (secondary N) is 1. The molecule has 0 spiro atoms. The van der Waals surface area contributed by atoms with Crippen LogP contribution >= 0.6 is 11.3 Å². The molecule has 0 bridgehead atoms. The number of nitrogens with zero attached hydrogens (tertiary/aromatic N) is 1. The van der Waals surface area contributed by atoms with Crippen LogP contribution in [-0.4, -0.2) is 12.0 Å². The molecule has 1 aliphatic rings. The average molecular weight is 286 g/mol. The Labute approximate surface area is 125 Å². The van der Waals surface area contributed by atoms with E-state index in [0.717, 1.165) is 0 Å². The van der Waals surface area contributed by atoms with Crippen molar-refractivity contribution < 1.29 is 0 Å². The second kappa shape index (κ2) is 6.06. The molecule has 0 saturated carbocycles. The number of thiophene rings is 1. The van der Waals surface area contributed by atoms with Gasteiger partial charge in [-0.25, -0.2) is 0 Å². The minimum atomic E-state index is 0.278. The summed E-state index contributed by atoms with van der Waals surface area (Å²) in [7, 11) is 2.04. The predicted octanol–water partition coefficient (Wildman–Crippen LogP) is 4.03. The molecular formula is C17H22N2S. The van der Waals surface area contributed by atoms with Crippen molar-refractivity contribution in [1.82, 2.24) is 10.3 Å². The topological polar surface area (TPSA) is 24.9 Å². The highest BCUT2D eigenvalue weighted by molar-refractivity contribution is 7.12. The van der Waals surface area contributed by atoms with Crippen molar-refractivity contribution in [3.05, 3.63) is 51.0 Å². The Morgan fingerprint density at radius 2 is 2.10 bits per heavy atom. The van der Waals surface area contributed by atoms with Crippen molar-refractivity contribution in [2.75, 3.05) is 7.05 Å². The van der Waals surface area contributed by atoms with Crippen LogP contribution in [0.2, 0.25) is 0 Å². The highest BCUT2D eigenvalue weighted by atomic mass is 32.1. The molecule has 0 fully saturated rings. The average Bonchev–Trinajstić information content (AvgIpc) is 2.72. The van der Waals surface area contributed by atoms with Crippen molar-refractivity contribution in [3.63, 3.8) is 0 Å². The molecule has 2 nitrogen and oxygen atoms in total. The summed E-state index contributed by atoms with van der Waals surface area (Å²) in [5, 5.41) is 3.47. The van der Waals surface area contributed by atoms with E-state index in [2.05, 4.69) is 29.4 Å². The molecule has 2 aromatic heterocycles. The van der Waals surface area contributed by atoms with Gasteiger partial charge in [0.2, 0.25) is 0 Å². The van der Waals surface area contributed by atoms with Gasteiger partial charge in [-0.15, -0.1) is 11.3 Å². The van der Waals surface area contributed by atoms with Crippen LogP contribution in [0.15, 0.2) is 24.5 Å². The van der Waals surface area contributed by atoms with Crippen molar-refractivity contribution in [1.29, 1.82) is 0 Å². The Balaban J connectivity index is 1.96. The minimum Gasteiger partial charge on any atom is -0.309 e. The number of fused-ring (bicyclic) bond motifs is 1. The van der Waals surface area contributed by atoms with E-state index in [0.29, 0.717) is 0 Å². The van der Waals surface area contributed by atoms with E-state index in [1.165, 1.54) is 48.1 Å². The second-order valence-electron chi connectivity index (χ2n) is 5.61. The summed E-state index contributed by atoms with van der Waals surface area (Å²) in [6, 6.07) is 4.80. The third-order valence-electron chi connectivity index (χ3n) is 4.23. The SMILES string of the molecule is CNC(c1cc2c(s1)CCCCC2)c1cnccc1C. The summed E-state index contributed by atoms with van der Waals surface area (Å²) >= 11 is 1.99. The smallest absolute Gasteiger partial charge is 0.0686 e. The molecule has 106 valence electrons. The van der Waals surface area contributed by atoms with Crippen LogP contribution in [0.5, 0.6) is 0 Å². The van der Waals surface area contributed by atoms with Gasteiger partial charge in [-0.3, -0.25) is 4.98 Å². The molecule has 0 aromatic carbocycles. The molecule has 20 heavy (non-hydrogen) atoms. The Hall–Kier alpha value is -1.19. The van der Waals surface area contributed by atoms with Gasteiger partial charge in [-0.2, -0.15) is 0 Å². The highest BCUT2D eigenvalue weighted by Gasteiger charge is 2.20. The van der Waals surface area contributed by atoms with Gasteiger partial charge in [-0.05, 0) is 68.5 Å². The van der Waals surface area contributed by atoms with Gasteiger partial charge in [0.1, 0.15) is 0 Å². The molecule has 0 saturated heterocycles. The lowest BCUT2D eigenvalue weighted by Gasteiger charge is -2.16. The maximum atomic E-state index is 4.30. The summed E-state index contributed by atoms with van der Waals surface area (Å²) in [4.78, 5) is 7.35. The molecule has 0 aliphatic heterocycles. The van der Waals surface area contributed by atoms with Crippen LogP contribution in [0.25, 0.3) is 0 Å². The van der Waals surface area contributed by atoms with E-state index in [1.54, 1.807) is 10.4 Å². The van der Waals surface area contributed by atoms with Crippen molar-refractivity contribution in [2.45, 2.75) is 45.1 Å². The van der Waals surface area contributed by atoms with Crippen LogP contribution in [0.4, 0.5) is 0 Å². The van der Waals surface area contributed by atoms with E-state index in [-0.39, 0.29) is 6.04 Å². The van der Waals surface area contributed by atoms with E-state index in [9.17, 15) is 0 Å². The predicted molar refractivity (Wildman–Crippen MR) is 85.5 cm³/mol. The summed E-state index contributed by atoms with van der Waals surface area (Å²) in [6.45, 7) is 2.17. The first-order chi connectivity index (χ1) is 9.79. The zero-order chi connectivity index (χ0) is 13.9. The number of rotatable bonds is 3. The normalized spacial score (nSPS) is 16.5. The first-order valence-corrected chi connectivity index (χ1v) is 8.30. The zero-order valence-corrected chi connectivity index (χ0v) is 13.1. The monoisotopic (exact) mass is 286 g/mol. The third-order valence-corrected chi connectivity index (χ3v) is 5.53. The Kier molecular flexibility index (Phi) is 4.18. The molecule has 0 radical (unpaired) electrons. The molecule has 1 unspecified atom stereocenters. The van der Waals surface area contributed by atoms with E-state index in [4.69, 9.17) is 0 Å². The number of hydrogen-bond acceptors (Lipinski definition) is 3. The van der Waals surface area contributed by atoms with Crippen molar-refractivity contribution in [2.24, 2.45) is 0 Å². The first-order valence-electron chi connectivity index (χ1n) is 7.49. The van der Waals surface area contributed by atoms with Gasteiger partial charge in [0.05, 0.1) is 6.04 Å². The number of hydrogen-bond donors (Lipinski definition) is 1. The maximum absolute atomic E-state index is 4.30. The van der Waals surface area contributed by atoms with Crippen LogP contribution in [-0.2, 0) is 12.8 Å². The molecule has 1 N–H and O–H groups in total. The Bertz CT molecular complexity index is 565. The summed E-state index contributed by atoms with van der Waals surface area (Å²) in [5.74, 6) is 0. The largest absolute Gasteiger partial charge is 0.309 e. The van der Waals surface area contributed by atoms with Crippen LogP contribution < -0.4 is 5.32 Å². The fraction of sp³-hybridized carbons (Fsp3) is 0.471. The Morgan fingerprint density at radius 1 is 1.25 bits per heavy atom. The molecule has 1 aliphatic carbocycles. The number of aryl methyl sites for hydroxylation is 3. The van der Waals surface area contributed by atoms with Gasteiger partial charge >= 0.3 is 0 Å². The zero-order valence-electron chi connectivity index (χ0n) is 12.3. The highest BCUT2D eigenvalue weighted by Crippen LogP contribution is 2.35. The fourth-order valence-electron chi connectivity index (χ4n) is 3.06. The van der Waals surface area contributed by atoms with Gasteiger partial charge in [0.25, 0.3) is 0 Å². The third kappa shape index (κ3) is 2.65. The molecule has 2 aromatic rings. The van der Waals surface area contributed by atoms with Gasteiger partial charge in [-0.1, -0.05) is 6.42 Å². The fourth-order valence-corrected chi connectivity index (χ4v) is 4.45. The van der Waals surface area contributed by atoms with Crippen molar-refractivity contribution >= 4 is 11.3 Å². The Morgan fingerprint density at radius 3 is 2.90 bits per heavy atom. The van der Waals surface area contributed by atoms with Gasteiger partial charge in [0, 0.05) is 22.1 Å². The number of pyridine rings is 1. The lowest BCUT2D eigenvalue weighted by molar-refractivity contribution is 0.692. The summed E-state index contributed by atoms with van der Waals surface area (Å²) in [5.41, 5.74) is 4.19. The molecule has 3 rings (SSSR count). The van der Waals surface area contributed by atoms with Crippen LogP contribution in [0, 0.1) is 6.92 Å². The van der Waals surface area contributed by atoms with Crippen LogP contribution in [0.1, 0.15) is 51.7 Å². The van der Waals surface area contributed by atoms with E-state index >= 15 is 0 Å². The van der Waals surface area contributed by atoms with E-state index in [1.807, 2.05) is 30.8 Å². The lowest BCUT2D eigenvalue weighted by atomic mass is 10.0. The maximum Gasteiger partial charge on any atom is 0.0686 e. The molecule has 1 atom stereocenters. The van der Waals surface area contributed by atoms with Gasteiger partial charge < -0.3 is 5.32 Å². The van der Waals surface area contributed by atoms with Gasteiger partial charge in [0.15, 0.2) is 0 Å². The molecule has 2 heterocycles. The van der Waals surface area contributed by atoms with E-state index < -0.39 is 0 Å². The number of aromatic nitrogens is 1. The standard InChI is InChI=1S/C17H22N2S/c1-12-8-9-19-11-14(12)17(18-2)16-10-13-6-4-3-5-7-15(13)20-16/h8-11,17-18H,3-7H2,1-2H3. The minimum absolute atomic E-state index is 0.278. The molecule has 3 heteroatoms.